The van der Waals surface area contributed by atoms with E-state index in [1.54, 1.807) is 12.7 Å². The van der Waals surface area contributed by atoms with Crippen molar-refractivity contribution in [2.24, 2.45) is 11.3 Å². The molecule has 0 aromatic heterocycles. The van der Waals surface area contributed by atoms with Gasteiger partial charge in [-0.25, -0.2) is 0 Å². The maximum Gasteiger partial charge on any atom is 0.119 e. The van der Waals surface area contributed by atoms with Crippen LogP contribution in [0.2, 0.25) is 0 Å². The lowest BCUT2D eigenvalue weighted by Crippen LogP contribution is -2.37. The zero-order valence-electron chi connectivity index (χ0n) is 13.5. The first-order chi connectivity index (χ1) is 10.5. The van der Waals surface area contributed by atoms with Gasteiger partial charge in [-0.1, -0.05) is 25.1 Å². The number of aliphatic hydroxyl groups is 1. The Labute approximate surface area is 132 Å². The second kappa shape index (κ2) is 4.73. The van der Waals surface area contributed by atoms with Gasteiger partial charge >= 0.3 is 0 Å². The summed E-state index contributed by atoms with van der Waals surface area (Å²) in [6, 6.07) is 6.42. The fourth-order valence-corrected chi connectivity index (χ4v) is 5.06. The molecule has 1 N–H and O–H groups in total. The van der Waals surface area contributed by atoms with Crippen molar-refractivity contribution in [2.75, 3.05) is 7.11 Å². The first-order valence-corrected chi connectivity index (χ1v) is 8.31. The zero-order valence-corrected chi connectivity index (χ0v) is 13.5. The molecule has 0 amide bonds. The number of aliphatic hydroxyl groups excluding tert-OH is 1. The van der Waals surface area contributed by atoms with E-state index in [4.69, 9.17) is 4.74 Å². The fraction of sp³-hybridized carbons (Fsp3) is 0.500. The van der Waals surface area contributed by atoms with Crippen LogP contribution >= 0.6 is 0 Å². The van der Waals surface area contributed by atoms with E-state index in [-0.39, 0.29) is 11.5 Å². The Morgan fingerprint density at radius 2 is 2.09 bits per heavy atom. The average Bonchev–Trinajstić information content (AvgIpc) is 2.81. The molecule has 3 atom stereocenters. The summed E-state index contributed by atoms with van der Waals surface area (Å²) in [4.78, 5) is 0. The molecule has 1 aromatic carbocycles. The van der Waals surface area contributed by atoms with Gasteiger partial charge in [-0.15, -0.1) is 0 Å². The molecule has 0 saturated heterocycles. The van der Waals surface area contributed by atoms with Gasteiger partial charge in [0.1, 0.15) is 5.75 Å². The van der Waals surface area contributed by atoms with Gasteiger partial charge in [0.25, 0.3) is 0 Å². The van der Waals surface area contributed by atoms with Crippen LogP contribution in [0, 0.1) is 11.3 Å². The summed E-state index contributed by atoms with van der Waals surface area (Å²) in [6.45, 7) is 6.64. The number of hydrogen-bond acceptors (Lipinski definition) is 2. The van der Waals surface area contributed by atoms with E-state index in [0.29, 0.717) is 5.92 Å². The van der Waals surface area contributed by atoms with Gasteiger partial charge in [0.05, 0.1) is 13.2 Å². The Morgan fingerprint density at radius 1 is 1.27 bits per heavy atom. The highest BCUT2D eigenvalue weighted by Crippen LogP contribution is 2.59. The number of hydrogen-bond donors (Lipinski definition) is 1. The molecule has 1 fully saturated rings. The molecule has 3 unspecified atom stereocenters. The summed E-state index contributed by atoms with van der Waals surface area (Å²) in [5, 5.41) is 10.5. The summed E-state index contributed by atoms with van der Waals surface area (Å²) in [5.41, 5.74) is 6.87. The molecule has 116 valence electrons. The number of benzene rings is 1. The summed E-state index contributed by atoms with van der Waals surface area (Å²) in [6.07, 6.45) is 4.96. The van der Waals surface area contributed by atoms with E-state index in [1.165, 1.54) is 22.3 Å². The number of allylic oxidation sites excluding steroid dienone is 3. The monoisotopic (exact) mass is 296 g/mol. The number of ether oxygens (including phenoxy) is 1. The second-order valence-electron chi connectivity index (χ2n) is 7.36. The van der Waals surface area contributed by atoms with Crippen molar-refractivity contribution in [1.29, 1.82) is 0 Å². The van der Waals surface area contributed by atoms with E-state index in [2.05, 4.69) is 31.7 Å². The summed E-state index contributed by atoms with van der Waals surface area (Å²) < 4.78 is 5.37. The Hall–Kier alpha value is -1.54. The van der Waals surface area contributed by atoms with Crippen LogP contribution in [0.4, 0.5) is 0 Å². The van der Waals surface area contributed by atoms with Gasteiger partial charge < -0.3 is 9.84 Å². The largest absolute Gasteiger partial charge is 0.497 e. The Bertz CT molecular complexity index is 685. The molecule has 0 radical (unpaired) electrons. The average molecular weight is 296 g/mol. The van der Waals surface area contributed by atoms with Crippen LogP contribution in [0.3, 0.4) is 0 Å². The second-order valence-corrected chi connectivity index (χ2v) is 7.36. The van der Waals surface area contributed by atoms with Gasteiger partial charge in [-0.2, -0.15) is 0 Å². The van der Waals surface area contributed by atoms with Crippen molar-refractivity contribution in [2.45, 2.75) is 45.1 Å². The van der Waals surface area contributed by atoms with Crippen LogP contribution < -0.4 is 4.74 Å². The minimum Gasteiger partial charge on any atom is -0.497 e. The molecule has 3 aliphatic carbocycles. The maximum atomic E-state index is 10.5. The molecule has 1 aromatic rings. The lowest BCUT2D eigenvalue weighted by atomic mass is 9.61. The van der Waals surface area contributed by atoms with E-state index < -0.39 is 0 Å². The third kappa shape index (κ3) is 1.77. The van der Waals surface area contributed by atoms with Crippen LogP contribution in [0.15, 0.2) is 35.9 Å². The van der Waals surface area contributed by atoms with Crippen LogP contribution in [0.25, 0.3) is 5.57 Å². The third-order valence-electron chi connectivity index (χ3n) is 6.22. The lowest BCUT2D eigenvalue weighted by Gasteiger charge is -2.44. The molecule has 1 saturated carbocycles. The minimum absolute atomic E-state index is 0.000109. The smallest absolute Gasteiger partial charge is 0.119 e. The van der Waals surface area contributed by atoms with Crippen molar-refractivity contribution < 1.29 is 9.84 Å². The Morgan fingerprint density at radius 3 is 2.86 bits per heavy atom. The molecule has 2 heteroatoms. The number of methoxy groups -OCH3 is 1. The predicted octanol–water partition coefficient (Wildman–Crippen LogP) is 4.13. The molecule has 3 aliphatic rings. The normalized spacial score (nSPS) is 33.3. The molecule has 2 nitrogen and oxygen atoms in total. The SMILES string of the molecule is C=C1CC2(C)C(O)CCC2C2=C1c1ccc(OC)cc1CC2. The lowest BCUT2D eigenvalue weighted by molar-refractivity contribution is 0.0459. The van der Waals surface area contributed by atoms with Crippen LogP contribution in [0.1, 0.15) is 43.7 Å². The first kappa shape index (κ1) is 14.1. The Kier molecular flexibility index (Phi) is 3.02. The van der Waals surface area contributed by atoms with Crippen molar-refractivity contribution in [1.82, 2.24) is 0 Å². The van der Waals surface area contributed by atoms with E-state index >= 15 is 0 Å². The molecule has 4 rings (SSSR count). The van der Waals surface area contributed by atoms with Crippen LogP contribution in [-0.2, 0) is 6.42 Å². The zero-order chi connectivity index (χ0) is 15.5. The van der Waals surface area contributed by atoms with Crippen molar-refractivity contribution in [3.8, 4) is 5.75 Å². The standard InChI is InChI=1S/C20H24O2/c1-12-11-20(2)17(8-9-18(20)21)16-6-4-13-10-14(22-3)5-7-15(13)19(12)16/h5,7,10,17-18,21H,1,4,6,8-9,11H2,2-3H3. The molecule has 0 bridgehead atoms. The molecule has 22 heavy (non-hydrogen) atoms. The number of fused-ring (bicyclic) bond motifs is 4. The van der Waals surface area contributed by atoms with E-state index in [9.17, 15) is 5.11 Å². The summed E-state index contributed by atoms with van der Waals surface area (Å²) in [7, 11) is 1.72. The van der Waals surface area contributed by atoms with Crippen LogP contribution in [-0.4, -0.2) is 18.3 Å². The summed E-state index contributed by atoms with van der Waals surface area (Å²) >= 11 is 0. The minimum atomic E-state index is -0.180. The number of rotatable bonds is 1. The topological polar surface area (TPSA) is 29.5 Å². The van der Waals surface area contributed by atoms with Gasteiger partial charge in [0, 0.05) is 5.41 Å². The van der Waals surface area contributed by atoms with E-state index in [0.717, 1.165) is 37.9 Å². The fourth-order valence-electron chi connectivity index (χ4n) is 5.06. The molecule has 0 aliphatic heterocycles. The van der Waals surface area contributed by atoms with Gasteiger partial charge in [0.15, 0.2) is 0 Å². The molecule has 0 spiro atoms. The molecular formula is C20H24O2. The highest BCUT2D eigenvalue weighted by atomic mass is 16.5. The summed E-state index contributed by atoms with van der Waals surface area (Å²) in [5.74, 6) is 1.46. The quantitative estimate of drug-likeness (QED) is 0.844. The van der Waals surface area contributed by atoms with Crippen molar-refractivity contribution in [3.05, 3.63) is 47.1 Å². The first-order valence-electron chi connectivity index (χ1n) is 8.31. The molecular weight excluding hydrogens is 272 g/mol. The maximum absolute atomic E-state index is 10.5. The third-order valence-corrected chi connectivity index (χ3v) is 6.22. The van der Waals surface area contributed by atoms with Gasteiger partial charge in [0.2, 0.25) is 0 Å². The highest BCUT2D eigenvalue weighted by molar-refractivity contribution is 5.85. The van der Waals surface area contributed by atoms with E-state index in [1.807, 2.05) is 0 Å². The van der Waals surface area contributed by atoms with Crippen LogP contribution in [0.5, 0.6) is 5.75 Å². The van der Waals surface area contributed by atoms with Gasteiger partial charge in [-0.3, -0.25) is 0 Å². The van der Waals surface area contributed by atoms with Crippen molar-refractivity contribution >= 4 is 5.57 Å². The number of aryl methyl sites for hydroxylation is 1. The molecule has 0 heterocycles. The highest BCUT2D eigenvalue weighted by Gasteiger charge is 2.51. The van der Waals surface area contributed by atoms with Gasteiger partial charge in [-0.05, 0) is 72.4 Å². The Balaban J connectivity index is 1.86. The van der Waals surface area contributed by atoms with Crippen molar-refractivity contribution in [3.63, 3.8) is 0 Å². The predicted molar refractivity (Wildman–Crippen MR) is 88.8 cm³/mol.